The maximum atomic E-state index is 15.8. The van der Waals surface area contributed by atoms with E-state index < -0.39 is 14.4 Å². The Hall–Kier alpha value is -2.31. The number of hydrogen-bond donors (Lipinski definition) is 1. The van der Waals surface area contributed by atoms with Crippen molar-refractivity contribution in [3.63, 3.8) is 0 Å². The molecule has 3 heterocycles. The molecule has 1 aliphatic heterocycles. The van der Waals surface area contributed by atoms with Crippen LogP contribution >= 0.6 is 0 Å². The van der Waals surface area contributed by atoms with E-state index in [1.807, 2.05) is 12.3 Å². The predicted octanol–water partition coefficient (Wildman–Crippen LogP) is 5.54. The second-order valence-corrected chi connectivity index (χ2v) is 16.5. The molecule has 1 fully saturated rings. The molecule has 1 saturated heterocycles. The molecule has 0 spiro atoms. The largest absolute Gasteiger partial charge is 0.543 e. The van der Waals surface area contributed by atoms with Gasteiger partial charge in [-0.25, -0.2) is 9.07 Å². The Bertz CT molecular complexity index is 1230. The van der Waals surface area contributed by atoms with Gasteiger partial charge in [0.15, 0.2) is 12.0 Å². The van der Waals surface area contributed by atoms with E-state index in [4.69, 9.17) is 23.7 Å². The van der Waals surface area contributed by atoms with Crippen molar-refractivity contribution >= 4 is 19.2 Å². The fourth-order valence-electron chi connectivity index (χ4n) is 4.28. The summed E-state index contributed by atoms with van der Waals surface area (Å²) in [6.07, 6.45) is 5.65. The second kappa shape index (κ2) is 12.5. The monoisotopic (exact) mass is 562 g/mol. The van der Waals surface area contributed by atoms with Gasteiger partial charge in [-0.05, 0) is 50.4 Å². The van der Waals surface area contributed by atoms with E-state index in [0.717, 1.165) is 24.8 Å². The third kappa shape index (κ3) is 7.26. The first-order chi connectivity index (χ1) is 18.5. The summed E-state index contributed by atoms with van der Waals surface area (Å²) in [5.74, 6) is 0.156. The number of ether oxygens (including phenoxy) is 3. The molecule has 9 nitrogen and oxygen atoms in total. The Labute approximate surface area is 231 Å². The lowest BCUT2D eigenvalue weighted by atomic mass is 10.1. The van der Waals surface area contributed by atoms with E-state index in [1.165, 1.54) is 6.07 Å². The van der Waals surface area contributed by atoms with Crippen molar-refractivity contribution in [2.75, 3.05) is 33.0 Å². The van der Waals surface area contributed by atoms with Crippen LogP contribution in [0.1, 0.15) is 53.2 Å². The number of halogens is 1. The standard InChI is InChI=1S/C28H43FN4O5Si/c1-20(34)19-36-14-13-35-12-10-32-18-21(17-30-32)26-23-15-22(38-39(5,6)28(2,3)4)16-24(29)27(23)33(31-26)25-9-7-8-11-37-25/h15-18,20,25,34H,7-14,19H2,1-6H3. The number of aromatic nitrogens is 4. The molecule has 1 aliphatic rings. The highest BCUT2D eigenvalue weighted by molar-refractivity contribution is 6.74. The topological polar surface area (TPSA) is 92.8 Å². The highest BCUT2D eigenvalue weighted by atomic mass is 28.4. The number of nitrogens with zero attached hydrogens (tertiary/aromatic N) is 4. The molecule has 0 saturated carbocycles. The zero-order valence-corrected chi connectivity index (χ0v) is 25.1. The van der Waals surface area contributed by atoms with Gasteiger partial charge in [-0.1, -0.05) is 20.8 Å². The fraction of sp³-hybridized carbons (Fsp3) is 0.643. The molecule has 2 atom stereocenters. The smallest absolute Gasteiger partial charge is 0.250 e. The van der Waals surface area contributed by atoms with Crippen LogP contribution in [-0.2, 0) is 20.8 Å². The lowest BCUT2D eigenvalue weighted by Crippen LogP contribution is -2.43. The van der Waals surface area contributed by atoms with Crippen LogP contribution in [0.5, 0.6) is 5.75 Å². The summed E-state index contributed by atoms with van der Waals surface area (Å²) in [5.41, 5.74) is 1.86. The van der Waals surface area contributed by atoms with E-state index in [1.54, 1.807) is 22.5 Å². The fourth-order valence-corrected chi connectivity index (χ4v) is 5.30. The molecule has 0 amide bonds. The summed E-state index contributed by atoms with van der Waals surface area (Å²) < 4.78 is 42.7. The molecule has 1 aromatic carbocycles. The summed E-state index contributed by atoms with van der Waals surface area (Å²) in [7, 11) is -2.18. The van der Waals surface area contributed by atoms with Crippen molar-refractivity contribution in [2.45, 2.75) is 84.0 Å². The zero-order chi connectivity index (χ0) is 28.2. The number of hydrogen-bond acceptors (Lipinski definition) is 7. The van der Waals surface area contributed by atoms with Gasteiger partial charge in [-0.2, -0.15) is 10.2 Å². The van der Waals surface area contributed by atoms with Gasteiger partial charge < -0.3 is 23.7 Å². The van der Waals surface area contributed by atoms with Crippen molar-refractivity contribution in [3.8, 4) is 17.0 Å². The zero-order valence-electron chi connectivity index (χ0n) is 24.1. The number of fused-ring (bicyclic) bond motifs is 1. The molecule has 0 aliphatic carbocycles. The van der Waals surface area contributed by atoms with Gasteiger partial charge in [0.1, 0.15) is 17.0 Å². The van der Waals surface area contributed by atoms with Gasteiger partial charge in [-0.15, -0.1) is 0 Å². The number of aliphatic hydroxyl groups is 1. The quantitative estimate of drug-likeness (QED) is 0.229. The van der Waals surface area contributed by atoms with Crippen LogP contribution in [0, 0.1) is 5.82 Å². The molecular weight excluding hydrogens is 519 g/mol. The summed E-state index contributed by atoms with van der Waals surface area (Å²) in [6.45, 7) is 15.3. The van der Waals surface area contributed by atoms with Crippen molar-refractivity contribution < 1.29 is 28.1 Å². The third-order valence-corrected chi connectivity index (χ3v) is 11.8. The molecular formula is C28H43FN4O5Si. The van der Waals surface area contributed by atoms with Gasteiger partial charge in [0, 0.05) is 29.8 Å². The van der Waals surface area contributed by atoms with E-state index in [2.05, 4.69) is 39.0 Å². The highest BCUT2D eigenvalue weighted by Gasteiger charge is 2.39. The summed E-state index contributed by atoms with van der Waals surface area (Å²) >= 11 is 0. The van der Waals surface area contributed by atoms with Crippen LogP contribution in [0.2, 0.25) is 18.1 Å². The Morgan fingerprint density at radius 1 is 1.18 bits per heavy atom. The number of benzene rings is 1. The minimum atomic E-state index is -2.18. The first kappa shape index (κ1) is 29.7. The van der Waals surface area contributed by atoms with Crippen LogP contribution in [0.3, 0.4) is 0 Å². The molecule has 39 heavy (non-hydrogen) atoms. The molecule has 2 unspecified atom stereocenters. The SMILES string of the molecule is CC(O)COCCOCCn1cc(-c2nn(C3CCCCO3)c3c(F)cc(O[Si](C)(C)C(C)(C)C)cc23)cn1. The predicted molar refractivity (Wildman–Crippen MR) is 151 cm³/mol. The maximum Gasteiger partial charge on any atom is 0.250 e. The number of rotatable bonds is 12. The van der Waals surface area contributed by atoms with E-state index in [9.17, 15) is 5.11 Å². The average molecular weight is 563 g/mol. The number of aliphatic hydroxyl groups excluding tert-OH is 1. The molecule has 3 aromatic rings. The third-order valence-electron chi connectivity index (χ3n) is 7.44. The van der Waals surface area contributed by atoms with Crippen molar-refractivity contribution in [1.82, 2.24) is 19.6 Å². The van der Waals surface area contributed by atoms with Gasteiger partial charge >= 0.3 is 0 Å². The average Bonchev–Trinajstić information content (AvgIpc) is 3.48. The first-order valence-electron chi connectivity index (χ1n) is 13.8. The van der Waals surface area contributed by atoms with Crippen molar-refractivity contribution in [3.05, 3.63) is 30.3 Å². The van der Waals surface area contributed by atoms with Crippen molar-refractivity contribution in [2.24, 2.45) is 0 Å². The van der Waals surface area contributed by atoms with E-state index in [-0.39, 0.29) is 17.1 Å². The Kier molecular flexibility index (Phi) is 9.48. The summed E-state index contributed by atoms with van der Waals surface area (Å²) in [6, 6.07) is 3.40. The second-order valence-electron chi connectivity index (χ2n) is 11.8. The Morgan fingerprint density at radius 3 is 2.64 bits per heavy atom. The van der Waals surface area contributed by atoms with Crippen LogP contribution in [0.15, 0.2) is 24.5 Å². The molecule has 0 radical (unpaired) electrons. The molecule has 0 bridgehead atoms. The van der Waals surface area contributed by atoms with E-state index >= 15 is 4.39 Å². The van der Waals surface area contributed by atoms with Gasteiger partial charge in [0.25, 0.3) is 0 Å². The maximum absolute atomic E-state index is 15.8. The lowest BCUT2D eigenvalue weighted by molar-refractivity contribution is -0.0368. The normalized spacial score (nSPS) is 17.6. The molecule has 1 N–H and O–H groups in total. The van der Waals surface area contributed by atoms with Crippen LogP contribution < -0.4 is 4.43 Å². The Morgan fingerprint density at radius 2 is 1.95 bits per heavy atom. The minimum Gasteiger partial charge on any atom is -0.543 e. The Balaban J connectivity index is 1.59. The highest BCUT2D eigenvalue weighted by Crippen LogP contribution is 2.40. The molecule has 11 heteroatoms. The van der Waals surface area contributed by atoms with Crippen LogP contribution in [0.25, 0.3) is 22.2 Å². The molecule has 2 aromatic heterocycles. The molecule has 216 valence electrons. The van der Waals surface area contributed by atoms with Crippen LogP contribution in [0.4, 0.5) is 4.39 Å². The van der Waals surface area contributed by atoms with Gasteiger partial charge in [0.05, 0.1) is 45.3 Å². The van der Waals surface area contributed by atoms with Crippen LogP contribution in [-0.4, -0.2) is 72.1 Å². The minimum absolute atomic E-state index is 0.0199. The van der Waals surface area contributed by atoms with Gasteiger partial charge in [-0.3, -0.25) is 4.68 Å². The molecule has 4 rings (SSSR count). The van der Waals surface area contributed by atoms with Gasteiger partial charge in [0.2, 0.25) is 8.32 Å². The first-order valence-corrected chi connectivity index (χ1v) is 16.8. The summed E-state index contributed by atoms with van der Waals surface area (Å²) in [5, 5.41) is 19.3. The summed E-state index contributed by atoms with van der Waals surface area (Å²) in [4.78, 5) is 0. The van der Waals surface area contributed by atoms with E-state index in [0.29, 0.717) is 61.9 Å². The van der Waals surface area contributed by atoms with Crippen molar-refractivity contribution in [1.29, 1.82) is 0 Å². The lowest BCUT2D eigenvalue weighted by Gasteiger charge is -2.36.